The topological polar surface area (TPSA) is 79.2 Å². The summed E-state index contributed by atoms with van der Waals surface area (Å²) in [5, 5.41) is 0. The van der Waals surface area contributed by atoms with Gasteiger partial charge in [-0.05, 0) is 18.9 Å². The van der Waals surface area contributed by atoms with E-state index in [1.165, 1.54) is 15.7 Å². The average Bonchev–Trinajstić information content (AvgIpc) is 3.15. The van der Waals surface area contributed by atoms with Gasteiger partial charge < -0.3 is 9.47 Å². The van der Waals surface area contributed by atoms with Gasteiger partial charge in [-0.15, -0.1) is 0 Å². The number of nitrogens with zero attached hydrogens (tertiary/aromatic N) is 5. The number of piperazine rings is 1. The summed E-state index contributed by atoms with van der Waals surface area (Å²) in [4.78, 5) is 36.6. The molecule has 0 spiro atoms. The largest absolute Gasteiger partial charge is 0.340 e. The van der Waals surface area contributed by atoms with Crippen molar-refractivity contribution in [3.8, 4) is 0 Å². The van der Waals surface area contributed by atoms with Crippen LogP contribution in [0.25, 0.3) is 11.2 Å². The molecule has 0 unspecified atom stereocenters. The number of benzene rings is 1. The van der Waals surface area contributed by atoms with Crippen LogP contribution in [0, 0.1) is 6.92 Å². The molecule has 2 aromatic heterocycles. The Morgan fingerprint density at radius 1 is 1.03 bits per heavy atom. The first-order valence-electron chi connectivity index (χ1n) is 11.2. The van der Waals surface area contributed by atoms with Gasteiger partial charge >= 0.3 is 5.69 Å². The first kappa shape index (κ1) is 21.4. The molecule has 1 saturated heterocycles. The van der Waals surface area contributed by atoms with Crippen molar-refractivity contribution < 1.29 is 0 Å². The zero-order chi connectivity index (χ0) is 22.0. The van der Waals surface area contributed by atoms with Crippen molar-refractivity contribution in [2.75, 3.05) is 31.1 Å². The molecule has 0 atom stereocenters. The number of hydrogen-bond acceptors (Lipinski definition) is 5. The Balaban J connectivity index is 1.57. The molecular weight excluding hydrogens is 392 g/mol. The molecule has 3 aromatic rings. The Hall–Kier alpha value is -2.87. The van der Waals surface area contributed by atoms with Crippen LogP contribution in [0.5, 0.6) is 0 Å². The van der Waals surface area contributed by atoms with Gasteiger partial charge in [0.25, 0.3) is 5.56 Å². The minimum Gasteiger partial charge on any atom is -0.340 e. The van der Waals surface area contributed by atoms with Gasteiger partial charge in [0.1, 0.15) is 0 Å². The summed E-state index contributed by atoms with van der Waals surface area (Å²) in [6, 6.07) is 8.71. The molecule has 0 amide bonds. The zero-order valence-corrected chi connectivity index (χ0v) is 18.7. The molecule has 0 aliphatic carbocycles. The van der Waals surface area contributed by atoms with E-state index < -0.39 is 5.69 Å². The number of aromatic amines is 1. The van der Waals surface area contributed by atoms with E-state index in [2.05, 4.69) is 52.9 Å². The fraction of sp³-hybridized carbons (Fsp3) is 0.522. The van der Waals surface area contributed by atoms with Gasteiger partial charge in [0.05, 0.1) is 0 Å². The number of aryl methyl sites for hydroxylation is 3. The molecule has 1 aliphatic rings. The third kappa shape index (κ3) is 4.44. The molecular formula is C23H32N6O2. The van der Waals surface area contributed by atoms with E-state index in [1.54, 1.807) is 7.05 Å². The molecule has 4 rings (SSSR count). The lowest BCUT2D eigenvalue weighted by Gasteiger charge is -2.35. The molecule has 0 bridgehead atoms. The van der Waals surface area contributed by atoms with Crippen LogP contribution in [-0.2, 0) is 20.1 Å². The van der Waals surface area contributed by atoms with Crippen molar-refractivity contribution in [1.29, 1.82) is 0 Å². The first-order valence-corrected chi connectivity index (χ1v) is 11.2. The van der Waals surface area contributed by atoms with Crippen molar-refractivity contribution in [1.82, 2.24) is 24.0 Å². The van der Waals surface area contributed by atoms with Crippen molar-refractivity contribution >= 4 is 17.1 Å². The quantitative estimate of drug-likeness (QED) is 0.589. The Labute approximate surface area is 182 Å². The summed E-state index contributed by atoms with van der Waals surface area (Å²) in [6.07, 6.45) is 3.17. The Morgan fingerprint density at radius 3 is 2.42 bits per heavy atom. The third-order valence-electron chi connectivity index (χ3n) is 6.15. The van der Waals surface area contributed by atoms with Crippen LogP contribution >= 0.6 is 0 Å². The molecule has 31 heavy (non-hydrogen) atoms. The number of aromatic nitrogens is 4. The van der Waals surface area contributed by atoms with E-state index >= 15 is 0 Å². The molecule has 1 aliphatic heterocycles. The monoisotopic (exact) mass is 424 g/mol. The van der Waals surface area contributed by atoms with Crippen LogP contribution in [0.1, 0.15) is 37.3 Å². The first-order chi connectivity index (χ1) is 15.0. The molecule has 1 fully saturated rings. The van der Waals surface area contributed by atoms with Crippen molar-refractivity contribution in [3.63, 3.8) is 0 Å². The molecule has 1 aromatic carbocycles. The highest BCUT2D eigenvalue weighted by atomic mass is 16.2. The van der Waals surface area contributed by atoms with Crippen molar-refractivity contribution in [3.05, 3.63) is 56.2 Å². The second-order valence-corrected chi connectivity index (χ2v) is 8.51. The highest BCUT2D eigenvalue weighted by Crippen LogP contribution is 2.22. The van der Waals surface area contributed by atoms with E-state index in [-0.39, 0.29) is 5.56 Å². The smallest absolute Gasteiger partial charge is 0.329 e. The minimum atomic E-state index is -0.426. The van der Waals surface area contributed by atoms with Crippen LogP contribution in [0.2, 0.25) is 0 Å². The second kappa shape index (κ2) is 9.09. The predicted octanol–water partition coefficient (Wildman–Crippen LogP) is 2.24. The third-order valence-corrected chi connectivity index (χ3v) is 6.15. The number of unbranched alkanes of at least 4 members (excludes halogenated alkanes) is 2. The highest BCUT2D eigenvalue weighted by Gasteiger charge is 2.24. The van der Waals surface area contributed by atoms with Crippen molar-refractivity contribution in [2.24, 2.45) is 7.05 Å². The highest BCUT2D eigenvalue weighted by molar-refractivity contribution is 5.74. The summed E-state index contributed by atoms with van der Waals surface area (Å²) >= 11 is 0. The SMILES string of the molecule is CCCCCn1c(N2CCN(Cc3ccc(C)cc3)CC2)nc2c1c(=O)[nH]c(=O)n2C. The predicted molar refractivity (Wildman–Crippen MR) is 124 cm³/mol. The number of fused-ring (bicyclic) bond motifs is 1. The lowest BCUT2D eigenvalue weighted by molar-refractivity contribution is 0.248. The van der Waals surface area contributed by atoms with Crippen LogP contribution in [0.3, 0.4) is 0 Å². The fourth-order valence-electron chi connectivity index (χ4n) is 4.25. The van der Waals surface area contributed by atoms with Gasteiger partial charge in [0, 0.05) is 46.3 Å². The molecule has 166 valence electrons. The van der Waals surface area contributed by atoms with Gasteiger partial charge in [0.15, 0.2) is 11.2 Å². The maximum atomic E-state index is 12.6. The fourth-order valence-corrected chi connectivity index (χ4v) is 4.25. The Bertz CT molecular complexity index is 1150. The van der Waals surface area contributed by atoms with E-state index in [4.69, 9.17) is 4.98 Å². The molecule has 8 heteroatoms. The summed E-state index contributed by atoms with van der Waals surface area (Å²) in [6.45, 7) is 9.48. The lowest BCUT2D eigenvalue weighted by atomic mass is 10.1. The van der Waals surface area contributed by atoms with E-state index in [1.807, 2.05) is 4.57 Å². The number of nitrogens with one attached hydrogen (secondary N) is 1. The number of imidazole rings is 1. The molecule has 0 saturated carbocycles. The van der Waals surface area contributed by atoms with Gasteiger partial charge in [0.2, 0.25) is 5.95 Å². The van der Waals surface area contributed by atoms with Gasteiger partial charge in [-0.3, -0.25) is 19.2 Å². The van der Waals surface area contributed by atoms with Crippen LogP contribution < -0.4 is 16.1 Å². The molecule has 1 N–H and O–H groups in total. The summed E-state index contributed by atoms with van der Waals surface area (Å²) in [5.74, 6) is 0.799. The Morgan fingerprint density at radius 2 is 1.74 bits per heavy atom. The average molecular weight is 425 g/mol. The lowest BCUT2D eigenvalue weighted by Crippen LogP contribution is -2.46. The maximum absolute atomic E-state index is 12.6. The molecule has 3 heterocycles. The number of hydrogen-bond donors (Lipinski definition) is 1. The maximum Gasteiger partial charge on any atom is 0.329 e. The van der Waals surface area contributed by atoms with Gasteiger partial charge in [-0.2, -0.15) is 4.98 Å². The zero-order valence-electron chi connectivity index (χ0n) is 18.7. The molecule has 8 nitrogen and oxygen atoms in total. The van der Waals surface area contributed by atoms with Crippen LogP contribution in [-0.4, -0.2) is 50.2 Å². The minimum absolute atomic E-state index is 0.355. The number of H-pyrrole nitrogens is 1. The molecule has 0 radical (unpaired) electrons. The van der Waals surface area contributed by atoms with Gasteiger partial charge in [-0.25, -0.2) is 4.79 Å². The van der Waals surface area contributed by atoms with E-state index in [9.17, 15) is 9.59 Å². The summed E-state index contributed by atoms with van der Waals surface area (Å²) < 4.78 is 3.45. The van der Waals surface area contributed by atoms with E-state index in [0.717, 1.165) is 64.5 Å². The van der Waals surface area contributed by atoms with Crippen LogP contribution in [0.15, 0.2) is 33.9 Å². The standard InChI is InChI=1S/C23H32N6O2/c1-4-5-6-11-29-19-20(26(3)23(31)25-21(19)30)24-22(29)28-14-12-27(13-15-28)16-18-9-7-17(2)8-10-18/h7-10H,4-6,11-16H2,1-3H3,(H,25,30,31). The van der Waals surface area contributed by atoms with Crippen LogP contribution in [0.4, 0.5) is 5.95 Å². The normalized spacial score (nSPS) is 15.1. The summed E-state index contributed by atoms with van der Waals surface area (Å²) in [7, 11) is 1.66. The number of anilines is 1. The van der Waals surface area contributed by atoms with E-state index in [0.29, 0.717) is 11.2 Å². The second-order valence-electron chi connectivity index (χ2n) is 8.51. The number of rotatable bonds is 7. The summed E-state index contributed by atoms with van der Waals surface area (Å²) in [5.41, 5.74) is 2.78. The Kier molecular flexibility index (Phi) is 6.27. The van der Waals surface area contributed by atoms with Gasteiger partial charge in [-0.1, -0.05) is 49.6 Å². The van der Waals surface area contributed by atoms with Crippen molar-refractivity contribution in [2.45, 2.75) is 46.2 Å².